The van der Waals surface area contributed by atoms with Gasteiger partial charge in [0.1, 0.15) is 11.6 Å². The van der Waals surface area contributed by atoms with Gasteiger partial charge in [-0.25, -0.2) is 8.78 Å². The Bertz CT molecular complexity index is 424. The minimum absolute atomic E-state index is 0.324. The van der Waals surface area contributed by atoms with Crippen molar-refractivity contribution in [2.45, 2.75) is 25.9 Å². The fourth-order valence-corrected chi connectivity index (χ4v) is 2.42. The van der Waals surface area contributed by atoms with Crippen LogP contribution in [0.2, 0.25) is 0 Å². The third kappa shape index (κ3) is 4.81. The highest BCUT2D eigenvalue weighted by Gasteiger charge is 2.19. The summed E-state index contributed by atoms with van der Waals surface area (Å²) in [6.45, 7) is 6.48. The van der Waals surface area contributed by atoms with Gasteiger partial charge in [-0.2, -0.15) is 0 Å². The Labute approximate surface area is 120 Å². The van der Waals surface area contributed by atoms with Gasteiger partial charge in [0.05, 0.1) is 0 Å². The van der Waals surface area contributed by atoms with E-state index in [1.54, 1.807) is 0 Å². The predicted molar refractivity (Wildman–Crippen MR) is 78.5 cm³/mol. The molecular formula is C15H25F2N3. The zero-order valence-electron chi connectivity index (χ0n) is 12.7. The summed E-state index contributed by atoms with van der Waals surface area (Å²) in [7, 11) is 4.04. The highest BCUT2D eigenvalue weighted by molar-refractivity contribution is 5.22. The molecule has 0 aromatic heterocycles. The van der Waals surface area contributed by atoms with Crippen LogP contribution in [0.1, 0.15) is 25.5 Å². The van der Waals surface area contributed by atoms with E-state index >= 15 is 0 Å². The third-order valence-corrected chi connectivity index (χ3v) is 3.45. The number of likely N-dealkylation sites (N-methyl/N-ethyl adjacent to an activating group) is 2. The fourth-order valence-electron chi connectivity index (χ4n) is 2.42. The number of hydrogen-bond donors (Lipinski definition) is 1. The summed E-state index contributed by atoms with van der Waals surface area (Å²) in [6.07, 6.45) is 0. The van der Waals surface area contributed by atoms with Crippen LogP contribution < -0.4 is 5.73 Å². The van der Waals surface area contributed by atoms with Crippen molar-refractivity contribution in [3.05, 3.63) is 35.4 Å². The molecule has 0 fully saturated rings. The van der Waals surface area contributed by atoms with Crippen LogP contribution in [0.3, 0.4) is 0 Å². The summed E-state index contributed by atoms with van der Waals surface area (Å²) in [5.41, 5.74) is 6.44. The molecule has 0 spiro atoms. The molecule has 0 amide bonds. The Balaban J connectivity index is 2.73. The van der Waals surface area contributed by atoms with Crippen molar-refractivity contribution in [3.63, 3.8) is 0 Å². The molecule has 1 rings (SSSR count). The predicted octanol–water partition coefficient (Wildman–Crippen LogP) is 2.24. The second-order valence-corrected chi connectivity index (χ2v) is 5.47. The van der Waals surface area contributed by atoms with E-state index in [0.717, 1.165) is 19.2 Å². The summed E-state index contributed by atoms with van der Waals surface area (Å²) in [4.78, 5) is 4.31. The third-order valence-electron chi connectivity index (χ3n) is 3.45. The van der Waals surface area contributed by atoms with Crippen molar-refractivity contribution < 1.29 is 8.78 Å². The highest BCUT2D eigenvalue weighted by atomic mass is 19.1. The molecule has 0 aliphatic carbocycles. The molecule has 2 N–H and O–H groups in total. The lowest BCUT2D eigenvalue weighted by molar-refractivity contribution is 0.172. The molecule has 114 valence electrons. The first-order valence-electron chi connectivity index (χ1n) is 6.94. The van der Waals surface area contributed by atoms with Crippen molar-refractivity contribution in [2.24, 2.45) is 5.73 Å². The Morgan fingerprint density at radius 1 is 1.20 bits per heavy atom. The van der Waals surface area contributed by atoms with Gasteiger partial charge in [0.25, 0.3) is 0 Å². The van der Waals surface area contributed by atoms with E-state index in [1.807, 2.05) is 14.1 Å². The molecular weight excluding hydrogens is 260 g/mol. The molecule has 2 unspecified atom stereocenters. The summed E-state index contributed by atoms with van der Waals surface area (Å²) < 4.78 is 26.6. The number of hydrogen-bond acceptors (Lipinski definition) is 3. The Morgan fingerprint density at radius 2 is 1.85 bits per heavy atom. The smallest absolute Gasteiger partial charge is 0.130 e. The number of nitrogens with two attached hydrogens (primary N) is 1. The molecule has 0 radical (unpaired) electrons. The van der Waals surface area contributed by atoms with Crippen LogP contribution >= 0.6 is 0 Å². The molecule has 1 aromatic rings. The highest BCUT2D eigenvalue weighted by Crippen LogP contribution is 2.18. The summed E-state index contributed by atoms with van der Waals surface area (Å²) in [6, 6.07) is 3.43. The van der Waals surface area contributed by atoms with Gasteiger partial charge in [0.2, 0.25) is 0 Å². The van der Waals surface area contributed by atoms with Crippen LogP contribution in [0, 0.1) is 11.6 Å². The molecule has 0 aliphatic rings. The van der Waals surface area contributed by atoms with Crippen LogP contribution in [-0.4, -0.2) is 49.6 Å². The zero-order valence-corrected chi connectivity index (χ0v) is 12.7. The van der Waals surface area contributed by atoms with Crippen LogP contribution in [0.4, 0.5) is 8.78 Å². The maximum Gasteiger partial charge on any atom is 0.130 e. The fraction of sp³-hybridized carbons (Fsp3) is 0.600. The molecule has 0 heterocycles. The van der Waals surface area contributed by atoms with Crippen molar-refractivity contribution in [1.29, 1.82) is 0 Å². The van der Waals surface area contributed by atoms with E-state index in [-0.39, 0.29) is 0 Å². The lowest BCUT2D eigenvalue weighted by atomic mass is 10.1. The van der Waals surface area contributed by atoms with Crippen molar-refractivity contribution in [3.8, 4) is 0 Å². The van der Waals surface area contributed by atoms with E-state index < -0.39 is 17.7 Å². The monoisotopic (exact) mass is 285 g/mol. The van der Waals surface area contributed by atoms with E-state index in [2.05, 4.69) is 23.6 Å². The quantitative estimate of drug-likeness (QED) is 0.834. The van der Waals surface area contributed by atoms with Crippen LogP contribution in [0.25, 0.3) is 0 Å². The molecule has 0 saturated heterocycles. The van der Waals surface area contributed by atoms with E-state index in [1.165, 1.54) is 12.1 Å². The van der Waals surface area contributed by atoms with Gasteiger partial charge in [0.15, 0.2) is 0 Å². The maximum atomic E-state index is 13.7. The standard InChI is InChI=1S/C15H25F2N3/c1-5-20(11(2)9-19(3)4)10-15(18)13-7-6-12(16)8-14(13)17/h6-8,11,15H,5,9-10,18H2,1-4H3. The maximum absolute atomic E-state index is 13.7. The van der Waals surface area contributed by atoms with Crippen molar-refractivity contribution in [2.75, 3.05) is 33.7 Å². The lowest BCUT2D eigenvalue weighted by Crippen LogP contribution is -2.43. The van der Waals surface area contributed by atoms with Gasteiger partial charge in [0, 0.05) is 36.8 Å². The molecule has 0 aliphatic heterocycles. The van der Waals surface area contributed by atoms with Crippen LogP contribution in [-0.2, 0) is 0 Å². The van der Waals surface area contributed by atoms with Gasteiger partial charge in [-0.3, -0.25) is 4.90 Å². The Kier molecular flexibility index (Phi) is 6.52. The van der Waals surface area contributed by atoms with E-state index in [9.17, 15) is 8.78 Å². The average molecular weight is 285 g/mol. The summed E-state index contributed by atoms with van der Waals surface area (Å²) >= 11 is 0. The molecule has 3 nitrogen and oxygen atoms in total. The van der Waals surface area contributed by atoms with E-state index in [4.69, 9.17) is 5.73 Å². The molecule has 20 heavy (non-hydrogen) atoms. The minimum atomic E-state index is -0.577. The number of rotatable bonds is 7. The van der Waals surface area contributed by atoms with Crippen LogP contribution in [0.15, 0.2) is 18.2 Å². The van der Waals surface area contributed by atoms with E-state index in [0.29, 0.717) is 18.2 Å². The molecule has 0 bridgehead atoms. The second kappa shape index (κ2) is 7.67. The topological polar surface area (TPSA) is 32.5 Å². The minimum Gasteiger partial charge on any atom is -0.323 e. The number of halogens is 2. The van der Waals surface area contributed by atoms with Gasteiger partial charge in [-0.05, 0) is 33.6 Å². The van der Waals surface area contributed by atoms with Crippen LogP contribution in [0.5, 0.6) is 0 Å². The normalized spacial score (nSPS) is 14.8. The number of benzene rings is 1. The molecule has 0 saturated carbocycles. The first-order valence-corrected chi connectivity index (χ1v) is 6.94. The zero-order chi connectivity index (χ0) is 15.3. The van der Waals surface area contributed by atoms with Gasteiger partial charge < -0.3 is 10.6 Å². The molecule has 1 aromatic carbocycles. The molecule has 5 heteroatoms. The average Bonchev–Trinajstić information content (AvgIpc) is 2.34. The Hall–Kier alpha value is -1.04. The lowest BCUT2D eigenvalue weighted by Gasteiger charge is -2.32. The van der Waals surface area contributed by atoms with Gasteiger partial charge in [-0.15, -0.1) is 0 Å². The van der Waals surface area contributed by atoms with Gasteiger partial charge in [-0.1, -0.05) is 13.0 Å². The summed E-state index contributed by atoms with van der Waals surface area (Å²) in [5.74, 6) is -1.15. The molecule has 2 atom stereocenters. The Morgan fingerprint density at radius 3 is 2.35 bits per heavy atom. The number of nitrogens with zero attached hydrogens (tertiary/aromatic N) is 2. The summed E-state index contributed by atoms with van der Waals surface area (Å²) in [5, 5.41) is 0. The first kappa shape index (κ1) is 17.0. The largest absolute Gasteiger partial charge is 0.323 e. The first-order chi connectivity index (χ1) is 9.35. The van der Waals surface area contributed by atoms with Gasteiger partial charge >= 0.3 is 0 Å². The van der Waals surface area contributed by atoms with Crippen molar-refractivity contribution >= 4 is 0 Å². The van der Waals surface area contributed by atoms with Crippen molar-refractivity contribution in [1.82, 2.24) is 9.80 Å². The second-order valence-electron chi connectivity index (χ2n) is 5.47. The SMILES string of the molecule is CCN(CC(N)c1ccc(F)cc1F)C(C)CN(C)C.